The van der Waals surface area contributed by atoms with Gasteiger partial charge >= 0.3 is 0 Å². The number of anilines is 2. The zero-order chi connectivity index (χ0) is 25.2. The molecule has 0 aliphatic heterocycles. The van der Waals surface area contributed by atoms with Gasteiger partial charge in [0, 0.05) is 24.5 Å². The predicted octanol–water partition coefficient (Wildman–Crippen LogP) is 2.86. The summed E-state index contributed by atoms with van der Waals surface area (Å²) in [7, 11) is -2.22. The van der Waals surface area contributed by atoms with Crippen molar-refractivity contribution in [2.24, 2.45) is 0 Å². The van der Waals surface area contributed by atoms with Crippen LogP contribution >= 0.6 is 0 Å². The molecule has 0 bridgehead atoms. The zero-order valence-electron chi connectivity index (χ0n) is 20.6. The van der Waals surface area contributed by atoms with Crippen LogP contribution in [0, 0.1) is 0 Å². The van der Waals surface area contributed by atoms with E-state index in [4.69, 9.17) is 0 Å². The van der Waals surface area contributed by atoms with Gasteiger partial charge in [0.15, 0.2) is 0 Å². The number of unbranched alkanes of at least 4 members (excludes halogenated alkanes) is 1. The first kappa shape index (κ1) is 28.1. The molecule has 10 heteroatoms. The number of sulfonamides is 2. The minimum absolute atomic E-state index is 0.588. The maximum Gasteiger partial charge on any atom is 0.229 e. The number of nitrogens with one attached hydrogen (secondary N) is 2. The Morgan fingerprint density at radius 3 is 1.21 bits per heavy atom. The Bertz CT molecular complexity index is 997. The fourth-order valence-corrected chi connectivity index (χ4v) is 4.66. The topological polar surface area (TPSA) is 98.8 Å². The van der Waals surface area contributed by atoms with Crippen molar-refractivity contribution in [1.29, 1.82) is 0 Å². The van der Waals surface area contributed by atoms with Crippen molar-refractivity contribution >= 4 is 31.4 Å². The molecule has 34 heavy (non-hydrogen) atoms. The second kappa shape index (κ2) is 13.1. The average molecular weight is 511 g/mol. The van der Waals surface area contributed by atoms with E-state index in [1.54, 1.807) is 24.3 Å². The molecule has 2 aromatic carbocycles. The molecule has 0 aliphatic carbocycles. The van der Waals surface area contributed by atoms with Gasteiger partial charge < -0.3 is 9.80 Å². The lowest BCUT2D eigenvalue weighted by Gasteiger charge is -2.19. The van der Waals surface area contributed by atoms with Crippen LogP contribution in [0.25, 0.3) is 0 Å². The molecule has 2 rings (SSSR count). The van der Waals surface area contributed by atoms with E-state index >= 15 is 0 Å². The van der Waals surface area contributed by atoms with Gasteiger partial charge in [0.2, 0.25) is 20.0 Å². The third-order valence-corrected chi connectivity index (χ3v) is 6.62. The summed E-state index contributed by atoms with van der Waals surface area (Å²) < 4.78 is 50.1. The van der Waals surface area contributed by atoms with Gasteiger partial charge in [-0.1, -0.05) is 24.3 Å². The molecule has 0 heterocycles. The van der Waals surface area contributed by atoms with Crippen LogP contribution in [0.3, 0.4) is 0 Å². The van der Waals surface area contributed by atoms with Crippen molar-refractivity contribution in [1.82, 2.24) is 9.80 Å². The fraction of sp³-hybridized carbons (Fsp3) is 0.500. The van der Waals surface area contributed by atoms with Crippen LogP contribution in [0.4, 0.5) is 11.4 Å². The normalized spacial score (nSPS) is 12.3. The van der Waals surface area contributed by atoms with E-state index < -0.39 is 20.0 Å². The molecule has 0 radical (unpaired) electrons. The minimum atomic E-state index is -3.24. The van der Waals surface area contributed by atoms with Gasteiger partial charge in [-0.25, -0.2) is 16.8 Å². The largest absolute Gasteiger partial charge is 0.306 e. The standard InChI is InChI=1S/C24H38N4O4S2/c1-27(19-15-21-7-11-23(12-8-21)25-33(3,29)30)17-5-6-18-28(2)20-16-22-9-13-24(14-10-22)26-34(4,31)32/h7-14,25-26H,5-6,15-20H2,1-4H3. The van der Waals surface area contributed by atoms with E-state index in [0.717, 1.165) is 64.4 Å². The third kappa shape index (κ3) is 12.4. The number of hydrogen-bond donors (Lipinski definition) is 2. The first-order chi connectivity index (χ1) is 15.9. The highest BCUT2D eigenvalue weighted by Crippen LogP contribution is 2.13. The van der Waals surface area contributed by atoms with Crippen LogP contribution in [0.2, 0.25) is 0 Å². The van der Waals surface area contributed by atoms with Crippen molar-refractivity contribution in [3.63, 3.8) is 0 Å². The van der Waals surface area contributed by atoms with E-state index in [0.29, 0.717) is 11.4 Å². The lowest BCUT2D eigenvalue weighted by atomic mass is 10.1. The summed E-state index contributed by atoms with van der Waals surface area (Å²) >= 11 is 0. The van der Waals surface area contributed by atoms with Gasteiger partial charge in [-0.15, -0.1) is 0 Å². The highest BCUT2D eigenvalue weighted by Gasteiger charge is 2.05. The molecule has 0 amide bonds. The predicted molar refractivity (Wildman–Crippen MR) is 141 cm³/mol. The minimum Gasteiger partial charge on any atom is -0.306 e. The molecule has 0 saturated carbocycles. The number of nitrogens with zero attached hydrogens (tertiary/aromatic N) is 2. The Kier molecular flexibility index (Phi) is 10.8. The second-order valence-electron chi connectivity index (χ2n) is 8.96. The van der Waals surface area contributed by atoms with Crippen LogP contribution in [0.1, 0.15) is 24.0 Å². The van der Waals surface area contributed by atoms with Crippen molar-refractivity contribution in [2.45, 2.75) is 25.7 Å². The summed E-state index contributed by atoms with van der Waals surface area (Å²) in [5, 5.41) is 0. The summed E-state index contributed by atoms with van der Waals surface area (Å²) in [6, 6.07) is 15.1. The lowest BCUT2D eigenvalue weighted by molar-refractivity contribution is 0.296. The number of rotatable bonds is 15. The molecule has 0 saturated heterocycles. The Balaban J connectivity index is 1.59. The molecular weight excluding hydrogens is 472 g/mol. The quantitative estimate of drug-likeness (QED) is 0.358. The SMILES string of the molecule is CN(CCCCN(C)CCc1ccc(NS(C)(=O)=O)cc1)CCc1ccc(NS(C)(=O)=O)cc1. The molecule has 0 aromatic heterocycles. The van der Waals surface area contributed by atoms with Crippen LogP contribution < -0.4 is 9.44 Å². The van der Waals surface area contributed by atoms with Crippen molar-refractivity contribution in [2.75, 3.05) is 62.2 Å². The lowest BCUT2D eigenvalue weighted by Crippen LogP contribution is -2.25. The van der Waals surface area contributed by atoms with E-state index in [1.807, 2.05) is 24.3 Å². The van der Waals surface area contributed by atoms with Crippen molar-refractivity contribution in [3.8, 4) is 0 Å². The maximum atomic E-state index is 11.3. The highest BCUT2D eigenvalue weighted by molar-refractivity contribution is 7.92. The highest BCUT2D eigenvalue weighted by atomic mass is 32.2. The molecule has 0 atom stereocenters. The molecule has 0 unspecified atom stereocenters. The Labute approximate surface area is 205 Å². The van der Waals surface area contributed by atoms with Crippen LogP contribution in [-0.2, 0) is 32.9 Å². The van der Waals surface area contributed by atoms with E-state index in [9.17, 15) is 16.8 Å². The van der Waals surface area contributed by atoms with E-state index in [1.165, 1.54) is 11.1 Å². The summed E-state index contributed by atoms with van der Waals surface area (Å²) in [5.74, 6) is 0. The van der Waals surface area contributed by atoms with Crippen LogP contribution in [0.5, 0.6) is 0 Å². The number of hydrogen-bond acceptors (Lipinski definition) is 6. The molecular formula is C24H38N4O4S2. The van der Waals surface area contributed by atoms with Gasteiger partial charge in [0.25, 0.3) is 0 Å². The molecule has 2 N–H and O–H groups in total. The molecule has 190 valence electrons. The molecule has 0 fully saturated rings. The fourth-order valence-electron chi connectivity index (χ4n) is 3.53. The summed E-state index contributed by atoms with van der Waals surface area (Å²) in [6.45, 7) is 3.99. The number of likely N-dealkylation sites (N-methyl/N-ethyl adjacent to an activating group) is 2. The van der Waals surface area contributed by atoms with Gasteiger partial charge in [0.1, 0.15) is 0 Å². The Morgan fingerprint density at radius 1 is 0.588 bits per heavy atom. The average Bonchev–Trinajstić information content (AvgIpc) is 2.73. The summed E-state index contributed by atoms with van der Waals surface area (Å²) in [6.07, 6.45) is 6.40. The van der Waals surface area contributed by atoms with Crippen LogP contribution in [-0.4, -0.2) is 79.4 Å². The second-order valence-corrected chi connectivity index (χ2v) is 12.5. The zero-order valence-corrected chi connectivity index (χ0v) is 22.3. The van der Waals surface area contributed by atoms with Crippen molar-refractivity contribution < 1.29 is 16.8 Å². The maximum absolute atomic E-state index is 11.3. The molecule has 0 spiro atoms. The van der Waals surface area contributed by atoms with Gasteiger partial charge in [-0.3, -0.25) is 9.44 Å². The first-order valence-corrected chi connectivity index (χ1v) is 15.2. The smallest absolute Gasteiger partial charge is 0.229 e. The van der Waals surface area contributed by atoms with E-state index in [2.05, 4.69) is 33.3 Å². The Morgan fingerprint density at radius 2 is 0.912 bits per heavy atom. The summed E-state index contributed by atoms with van der Waals surface area (Å²) in [4.78, 5) is 4.66. The molecule has 2 aromatic rings. The number of benzene rings is 2. The Hall–Kier alpha value is -2.14. The van der Waals surface area contributed by atoms with E-state index in [-0.39, 0.29) is 0 Å². The van der Waals surface area contributed by atoms with Gasteiger partial charge in [0.05, 0.1) is 12.5 Å². The van der Waals surface area contributed by atoms with Gasteiger partial charge in [-0.2, -0.15) is 0 Å². The monoisotopic (exact) mass is 510 g/mol. The van der Waals surface area contributed by atoms with Gasteiger partial charge in [-0.05, 0) is 88.3 Å². The van der Waals surface area contributed by atoms with Crippen molar-refractivity contribution in [3.05, 3.63) is 59.7 Å². The van der Waals surface area contributed by atoms with Crippen LogP contribution in [0.15, 0.2) is 48.5 Å². The molecule has 0 aliphatic rings. The summed E-state index contributed by atoms with van der Waals surface area (Å²) in [5.41, 5.74) is 3.55. The molecule has 8 nitrogen and oxygen atoms in total. The third-order valence-electron chi connectivity index (χ3n) is 5.41. The first-order valence-electron chi connectivity index (χ1n) is 11.4.